The maximum Gasteiger partial charge on any atom is 0.353 e. The number of hydrogen-bond donors (Lipinski definition) is 2. The standard InChI is InChI=1S/C18H20N4O4S/c1-9-14-13(10(2)23)17(24)22(14)15(18(25)26)16(9)27-6-3-12-20-8-11-7-19-4-5-21(11)12/h4-5,7-10,13-14,23H,3,6H2,1-2H3,(H,25,26)/t9-,10-,13-,14-/m1/s1. The second-order valence-electron chi connectivity index (χ2n) is 6.92. The van der Waals surface area contributed by atoms with Crippen molar-refractivity contribution in [3.8, 4) is 0 Å². The van der Waals surface area contributed by atoms with Crippen molar-refractivity contribution in [1.29, 1.82) is 0 Å². The fourth-order valence-electron chi connectivity index (χ4n) is 4.06. The third kappa shape index (κ3) is 2.72. The van der Waals surface area contributed by atoms with Crippen LogP contribution in [0.25, 0.3) is 5.52 Å². The third-order valence-electron chi connectivity index (χ3n) is 5.31. The number of carbonyl (C=O) groups is 2. The molecule has 0 aromatic carbocycles. The fourth-order valence-corrected chi connectivity index (χ4v) is 5.29. The number of carbonyl (C=O) groups excluding carboxylic acids is 1. The molecule has 0 radical (unpaired) electrons. The zero-order valence-electron chi connectivity index (χ0n) is 14.9. The molecule has 1 fully saturated rings. The van der Waals surface area contributed by atoms with E-state index in [2.05, 4.69) is 9.97 Å². The number of β-lactam (4-membered cyclic amide) rings is 1. The minimum absolute atomic E-state index is 0.0663. The van der Waals surface area contributed by atoms with E-state index in [-0.39, 0.29) is 23.6 Å². The zero-order chi connectivity index (χ0) is 19.3. The molecule has 0 bridgehead atoms. The Hall–Kier alpha value is -2.39. The van der Waals surface area contributed by atoms with Gasteiger partial charge in [0, 0.05) is 35.4 Å². The summed E-state index contributed by atoms with van der Waals surface area (Å²) in [6, 6.07) is -0.274. The first-order valence-electron chi connectivity index (χ1n) is 8.79. The minimum atomic E-state index is -1.10. The molecule has 9 heteroatoms. The van der Waals surface area contributed by atoms with Crippen molar-refractivity contribution in [1.82, 2.24) is 19.3 Å². The molecule has 142 valence electrons. The summed E-state index contributed by atoms with van der Waals surface area (Å²) < 4.78 is 1.96. The van der Waals surface area contributed by atoms with Gasteiger partial charge in [0.2, 0.25) is 5.91 Å². The molecule has 2 aliphatic heterocycles. The number of rotatable bonds is 6. The molecule has 4 heterocycles. The molecule has 4 rings (SSSR count). The van der Waals surface area contributed by atoms with E-state index in [1.165, 1.54) is 16.7 Å². The van der Waals surface area contributed by atoms with Gasteiger partial charge in [0.25, 0.3) is 0 Å². The molecule has 1 saturated heterocycles. The Morgan fingerprint density at radius 3 is 2.89 bits per heavy atom. The van der Waals surface area contributed by atoms with Gasteiger partial charge in [-0.2, -0.15) is 0 Å². The van der Waals surface area contributed by atoms with Crippen LogP contribution in [0.3, 0.4) is 0 Å². The van der Waals surface area contributed by atoms with Gasteiger partial charge in [-0.3, -0.25) is 9.78 Å². The lowest BCUT2D eigenvalue weighted by Crippen LogP contribution is -2.63. The minimum Gasteiger partial charge on any atom is -0.477 e. The predicted octanol–water partition coefficient (Wildman–Crippen LogP) is 1.16. The fraction of sp³-hybridized carbons (Fsp3) is 0.444. The smallest absolute Gasteiger partial charge is 0.353 e. The largest absolute Gasteiger partial charge is 0.477 e. The van der Waals surface area contributed by atoms with E-state index < -0.39 is 18.0 Å². The number of aliphatic hydroxyl groups excluding tert-OH is 1. The number of amides is 1. The topological polar surface area (TPSA) is 108 Å². The third-order valence-corrected chi connectivity index (χ3v) is 6.59. The van der Waals surface area contributed by atoms with E-state index in [1.807, 2.05) is 17.5 Å². The summed E-state index contributed by atoms with van der Waals surface area (Å²) in [5.74, 6) is -0.519. The van der Waals surface area contributed by atoms with Gasteiger partial charge in [0.15, 0.2) is 0 Å². The van der Waals surface area contributed by atoms with E-state index in [4.69, 9.17) is 0 Å². The van der Waals surface area contributed by atoms with Crippen LogP contribution in [0.2, 0.25) is 0 Å². The Bertz CT molecular complexity index is 954. The molecule has 8 nitrogen and oxygen atoms in total. The lowest BCUT2D eigenvalue weighted by molar-refractivity contribution is -0.163. The predicted molar refractivity (Wildman–Crippen MR) is 98.8 cm³/mol. The van der Waals surface area contributed by atoms with Gasteiger partial charge < -0.3 is 19.5 Å². The molecule has 27 heavy (non-hydrogen) atoms. The van der Waals surface area contributed by atoms with Gasteiger partial charge in [0.05, 0.1) is 36.0 Å². The highest BCUT2D eigenvalue weighted by Gasteiger charge is 2.59. The number of carboxylic acids is 1. The van der Waals surface area contributed by atoms with E-state index >= 15 is 0 Å². The van der Waals surface area contributed by atoms with Crippen LogP contribution >= 0.6 is 11.8 Å². The normalized spacial score (nSPS) is 25.7. The second kappa shape index (κ2) is 6.65. The van der Waals surface area contributed by atoms with Crippen LogP contribution in [0, 0.1) is 11.8 Å². The summed E-state index contributed by atoms with van der Waals surface area (Å²) in [6.45, 7) is 3.50. The number of thioether (sulfide) groups is 1. The van der Waals surface area contributed by atoms with Crippen LogP contribution in [0.1, 0.15) is 19.7 Å². The molecule has 2 N–H and O–H groups in total. The summed E-state index contributed by atoms with van der Waals surface area (Å²) in [6.07, 6.45) is 6.91. The van der Waals surface area contributed by atoms with Crippen molar-refractivity contribution in [3.05, 3.63) is 41.2 Å². The van der Waals surface area contributed by atoms with E-state index in [0.717, 1.165) is 11.3 Å². The zero-order valence-corrected chi connectivity index (χ0v) is 15.8. The molecule has 2 aromatic heterocycles. The molecular weight excluding hydrogens is 368 g/mol. The Labute approximate surface area is 159 Å². The van der Waals surface area contributed by atoms with Crippen molar-refractivity contribution in [2.45, 2.75) is 32.4 Å². The Morgan fingerprint density at radius 1 is 1.41 bits per heavy atom. The van der Waals surface area contributed by atoms with Gasteiger partial charge in [-0.15, -0.1) is 11.8 Å². The Morgan fingerprint density at radius 2 is 2.19 bits per heavy atom. The molecule has 0 unspecified atom stereocenters. The lowest BCUT2D eigenvalue weighted by Gasteiger charge is -2.46. The van der Waals surface area contributed by atoms with Crippen LogP contribution in [-0.2, 0) is 16.0 Å². The highest BCUT2D eigenvalue weighted by atomic mass is 32.2. The summed E-state index contributed by atoms with van der Waals surface area (Å²) >= 11 is 1.45. The number of carboxylic acid groups (broad SMARTS) is 1. The van der Waals surface area contributed by atoms with Crippen LogP contribution in [0.4, 0.5) is 0 Å². The van der Waals surface area contributed by atoms with Gasteiger partial charge in [-0.1, -0.05) is 6.92 Å². The number of aryl methyl sites for hydroxylation is 1. The summed E-state index contributed by atoms with van der Waals surface area (Å²) in [7, 11) is 0. The van der Waals surface area contributed by atoms with Gasteiger partial charge in [-0.25, -0.2) is 9.78 Å². The maximum absolute atomic E-state index is 12.3. The average molecular weight is 388 g/mol. The first kappa shape index (κ1) is 18.0. The molecule has 0 aliphatic carbocycles. The number of aliphatic carboxylic acids is 1. The van der Waals surface area contributed by atoms with E-state index in [9.17, 15) is 19.8 Å². The average Bonchev–Trinajstić information content (AvgIpc) is 3.13. The highest BCUT2D eigenvalue weighted by molar-refractivity contribution is 8.03. The molecular formula is C18H20N4O4S. The monoisotopic (exact) mass is 388 g/mol. The Balaban J connectivity index is 1.52. The van der Waals surface area contributed by atoms with Crippen LogP contribution < -0.4 is 0 Å². The Kier molecular flexibility index (Phi) is 4.43. The molecule has 4 atom stereocenters. The van der Waals surface area contributed by atoms with E-state index in [1.54, 1.807) is 25.5 Å². The van der Waals surface area contributed by atoms with E-state index in [0.29, 0.717) is 17.1 Å². The SMILES string of the molecule is C[C@@H](O)[C@H]1C(=O)N2C(C(=O)O)=C(SCCc3ncc4cnccn34)[C@H](C)[C@H]12. The van der Waals surface area contributed by atoms with Crippen molar-refractivity contribution in [2.24, 2.45) is 11.8 Å². The quantitative estimate of drug-likeness (QED) is 0.715. The summed E-state index contributed by atoms with van der Waals surface area (Å²) in [5, 5.41) is 19.5. The van der Waals surface area contributed by atoms with Crippen molar-refractivity contribution >= 4 is 29.2 Å². The van der Waals surface area contributed by atoms with Crippen molar-refractivity contribution in [2.75, 3.05) is 5.75 Å². The van der Waals surface area contributed by atoms with Crippen LogP contribution in [0.15, 0.2) is 35.4 Å². The van der Waals surface area contributed by atoms with Gasteiger partial charge in [-0.05, 0) is 6.92 Å². The van der Waals surface area contributed by atoms with Crippen molar-refractivity contribution < 1.29 is 19.8 Å². The molecule has 2 aliphatic rings. The molecule has 0 spiro atoms. The summed E-state index contributed by atoms with van der Waals surface area (Å²) in [4.78, 5) is 34.6. The van der Waals surface area contributed by atoms with Crippen LogP contribution in [-0.4, -0.2) is 59.3 Å². The maximum atomic E-state index is 12.3. The number of nitrogens with zero attached hydrogens (tertiary/aromatic N) is 4. The lowest BCUT2D eigenvalue weighted by atomic mass is 9.79. The molecule has 2 aromatic rings. The van der Waals surface area contributed by atoms with Gasteiger partial charge >= 0.3 is 5.97 Å². The molecule has 0 saturated carbocycles. The number of aliphatic hydroxyl groups is 1. The number of fused-ring (bicyclic) bond motifs is 2. The molecule has 1 amide bonds. The van der Waals surface area contributed by atoms with Gasteiger partial charge in [0.1, 0.15) is 11.5 Å². The first-order chi connectivity index (χ1) is 12.9. The summed E-state index contributed by atoms with van der Waals surface area (Å²) in [5.41, 5.74) is 0.975. The van der Waals surface area contributed by atoms with Crippen LogP contribution in [0.5, 0.6) is 0 Å². The number of hydrogen-bond acceptors (Lipinski definition) is 6. The number of imidazole rings is 1. The highest BCUT2D eigenvalue weighted by Crippen LogP contribution is 2.50. The van der Waals surface area contributed by atoms with Crippen molar-refractivity contribution in [3.63, 3.8) is 0 Å². The second-order valence-corrected chi connectivity index (χ2v) is 8.05. The first-order valence-corrected chi connectivity index (χ1v) is 9.77. The number of aromatic nitrogens is 3.